The summed E-state index contributed by atoms with van der Waals surface area (Å²) in [6.07, 6.45) is 1.15. The molecule has 0 atom stereocenters. The second kappa shape index (κ2) is 6.38. The summed E-state index contributed by atoms with van der Waals surface area (Å²) in [6.45, 7) is 5.66. The number of aromatic nitrogens is 2. The van der Waals surface area contributed by atoms with Crippen LogP contribution in [0.1, 0.15) is 31.2 Å². The molecule has 7 nitrogen and oxygen atoms in total. The molecule has 2 rings (SSSR count). The van der Waals surface area contributed by atoms with E-state index in [0.29, 0.717) is 17.4 Å². The van der Waals surface area contributed by atoms with Crippen LogP contribution in [0.4, 0.5) is 11.5 Å². The molecule has 116 valence electrons. The van der Waals surface area contributed by atoms with Crippen LogP contribution in [0.3, 0.4) is 0 Å². The highest BCUT2D eigenvalue weighted by Gasteiger charge is 2.20. The minimum atomic E-state index is -0.551. The summed E-state index contributed by atoms with van der Waals surface area (Å²) in [5.41, 5.74) is 1.84. The van der Waals surface area contributed by atoms with Gasteiger partial charge in [0.25, 0.3) is 5.91 Å². The van der Waals surface area contributed by atoms with E-state index in [0.717, 1.165) is 6.20 Å². The van der Waals surface area contributed by atoms with Crippen molar-refractivity contribution in [2.24, 2.45) is 0 Å². The molecule has 1 aromatic carbocycles. The summed E-state index contributed by atoms with van der Waals surface area (Å²) >= 11 is 0. The highest BCUT2D eigenvalue weighted by atomic mass is 16.6. The van der Waals surface area contributed by atoms with Crippen LogP contribution in [-0.4, -0.2) is 20.4 Å². The van der Waals surface area contributed by atoms with E-state index in [1.54, 1.807) is 6.92 Å². The highest BCUT2D eigenvalue weighted by Crippen LogP contribution is 2.18. The quantitative estimate of drug-likeness (QED) is 0.679. The molecule has 0 radical (unpaired) electrons. The lowest BCUT2D eigenvalue weighted by molar-refractivity contribution is -0.392. The molecular weight excluding hydrogens is 284 g/mol. The molecule has 1 heterocycles. The van der Waals surface area contributed by atoms with Gasteiger partial charge in [0.2, 0.25) is 0 Å². The monoisotopic (exact) mass is 302 g/mol. The molecule has 0 aliphatic carbocycles. The van der Waals surface area contributed by atoms with Crippen LogP contribution in [0, 0.1) is 17.0 Å². The van der Waals surface area contributed by atoms with Crippen molar-refractivity contribution in [1.82, 2.24) is 9.55 Å². The lowest BCUT2D eigenvalue weighted by atomic mass is 10.0. The van der Waals surface area contributed by atoms with Gasteiger partial charge in [-0.3, -0.25) is 4.79 Å². The van der Waals surface area contributed by atoms with Crippen molar-refractivity contribution in [3.8, 4) is 0 Å². The first-order valence-electron chi connectivity index (χ1n) is 6.95. The van der Waals surface area contributed by atoms with Crippen molar-refractivity contribution in [1.29, 1.82) is 0 Å². The maximum atomic E-state index is 12.0. The standard InChI is InChI=1S/C15H18N4O3/c1-10(2)12-4-6-13(7-5-12)17-14(20)9-18-11(3)16-8-15(18)19(21)22/h4-8,10H,9H2,1-3H3,(H,17,20). The van der Waals surface area contributed by atoms with Gasteiger partial charge in [0.15, 0.2) is 12.4 Å². The Labute approximate surface area is 128 Å². The topological polar surface area (TPSA) is 90.1 Å². The lowest BCUT2D eigenvalue weighted by Gasteiger charge is -2.08. The Morgan fingerprint density at radius 1 is 1.36 bits per heavy atom. The van der Waals surface area contributed by atoms with Gasteiger partial charge < -0.3 is 15.4 Å². The van der Waals surface area contributed by atoms with E-state index in [2.05, 4.69) is 24.1 Å². The number of carbonyl (C=O) groups excluding carboxylic acids is 1. The van der Waals surface area contributed by atoms with Gasteiger partial charge in [-0.2, -0.15) is 0 Å². The Hall–Kier alpha value is -2.70. The number of nitro groups is 1. The first kappa shape index (κ1) is 15.7. The molecule has 0 saturated heterocycles. The zero-order valence-electron chi connectivity index (χ0n) is 12.7. The second-order valence-corrected chi connectivity index (χ2v) is 5.33. The smallest absolute Gasteiger partial charge is 0.343 e. The Morgan fingerprint density at radius 3 is 2.55 bits per heavy atom. The van der Waals surface area contributed by atoms with Gasteiger partial charge in [-0.1, -0.05) is 26.0 Å². The van der Waals surface area contributed by atoms with Gasteiger partial charge in [0, 0.05) is 12.6 Å². The van der Waals surface area contributed by atoms with Crippen LogP contribution in [0.5, 0.6) is 0 Å². The third kappa shape index (κ3) is 3.49. The molecule has 0 saturated carbocycles. The molecule has 7 heteroatoms. The first-order valence-corrected chi connectivity index (χ1v) is 6.95. The Balaban J connectivity index is 2.07. The third-order valence-electron chi connectivity index (χ3n) is 3.38. The van der Waals surface area contributed by atoms with Crippen LogP contribution in [-0.2, 0) is 11.3 Å². The van der Waals surface area contributed by atoms with Crippen molar-refractivity contribution in [3.05, 3.63) is 52.0 Å². The number of rotatable bonds is 5. The highest BCUT2D eigenvalue weighted by molar-refractivity contribution is 5.90. The number of benzene rings is 1. The molecule has 2 aromatic rings. The Kier molecular flexibility index (Phi) is 4.55. The fraction of sp³-hybridized carbons (Fsp3) is 0.333. The van der Waals surface area contributed by atoms with Crippen molar-refractivity contribution in [3.63, 3.8) is 0 Å². The average molecular weight is 302 g/mol. The normalized spacial score (nSPS) is 10.7. The zero-order chi connectivity index (χ0) is 16.3. The van der Waals surface area contributed by atoms with Crippen LogP contribution in [0.2, 0.25) is 0 Å². The van der Waals surface area contributed by atoms with Crippen LogP contribution in [0.25, 0.3) is 0 Å². The predicted molar refractivity (Wildman–Crippen MR) is 82.8 cm³/mol. The molecular formula is C15H18N4O3. The van der Waals surface area contributed by atoms with Crippen LogP contribution in [0.15, 0.2) is 30.5 Å². The van der Waals surface area contributed by atoms with Crippen molar-refractivity contribution < 1.29 is 9.72 Å². The SMILES string of the molecule is Cc1ncc([N+](=O)[O-])n1CC(=O)Nc1ccc(C(C)C)cc1. The Bertz CT molecular complexity index is 689. The van der Waals surface area contributed by atoms with E-state index in [1.807, 2.05) is 24.3 Å². The summed E-state index contributed by atoms with van der Waals surface area (Å²) in [5.74, 6) is 0.322. The summed E-state index contributed by atoms with van der Waals surface area (Å²) < 4.78 is 1.28. The molecule has 0 aliphatic heterocycles. The zero-order valence-corrected chi connectivity index (χ0v) is 12.7. The molecule has 1 aromatic heterocycles. The molecule has 0 unspecified atom stereocenters. The number of nitrogens with zero attached hydrogens (tertiary/aromatic N) is 3. The van der Waals surface area contributed by atoms with E-state index in [-0.39, 0.29) is 18.3 Å². The van der Waals surface area contributed by atoms with E-state index in [9.17, 15) is 14.9 Å². The van der Waals surface area contributed by atoms with Crippen molar-refractivity contribution in [2.75, 3.05) is 5.32 Å². The van der Waals surface area contributed by atoms with Gasteiger partial charge in [-0.15, -0.1) is 0 Å². The number of anilines is 1. The third-order valence-corrected chi connectivity index (χ3v) is 3.38. The van der Waals surface area contributed by atoms with Gasteiger partial charge in [-0.05, 0) is 28.5 Å². The molecule has 0 aliphatic rings. The number of amides is 1. The van der Waals surface area contributed by atoms with E-state index >= 15 is 0 Å². The van der Waals surface area contributed by atoms with Gasteiger partial charge in [0.05, 0.1) is 0 Å². The minimum absolute atomic E-state index is 0.145. The predicted octanol–water partition coefficient (Wildman–Crippen LogP) is 2.86. The molecule has 0 bridgehead atoms. The molecule has 0 spiro atoms. The number of aryl methyl sites for hydroxylation is 1. The number of nitrogens with one attached hydrogen (secondary N) is 1. The van der Waals surface area contributed by atoms with Gasteiger partial charge in [-0.25, -0.2) is 9.55 Å². The van der Waals surface area contributed by atoms with Crippen molar-refractivity contribution >= 4 is 17.4 Å². The van der Waals surface area contributed by atoms with E-state index < -0.39 is 4.92 Å². The molecule has 22 heavy (non-hydrogen) atoms. The van der Waals surface area contributed by atoms with Crippen LogP contribution >= 0.6 is 0 Å². The number of hydrogen-bond acceptors (Lipinski definition) is 4. The van der Waals surface area contributed by atoms with E-state index in [1.165, 1.54) is 10.1 Å². The number of imidazole rings is 1. The maximum Gasteiger partial charge on any atom is 0.343 e. The Morgan fingerprint density at radius 2 is 2.00 bits per heavy atom. The van der Waals surface area contributed by atoms with Gasteiger partial charge in [0.1, 0.15) is 6.20 Å². The van der Waals surface area contributed by atoms with Crippen molar-refractivity contribution in [2.45, 2.75) is 33.2 Å². The largest absolute Gasteiger partial charge is 0.358 e. The van der Waals surface area contributed by atoms with Crippen LogP contribution < -0.4 is 5.32 Å². The number of carbonyl (C=O) groups is 1. The summed E-state index contributed by atoms with van der Waals surface area (Å²) in [6, 6.07) is 7.54. The average Bonchev–Trinajstić information content (AvgIpc) is 2.81. The van der Waals surface area contributed by atoms with Gasteiger partial charge >= 0.3 is 5.82 Å². The first-order chi connectivity index (χ1) is 10.4. The lowest BCUT2D eigenvalue weighted by Crippen LogP contribution is -2.20. The molecule has 1 N–H and O–H groups in total. The van der Waals surface area contributed by atoms with E-state index in [4.69, 9.17) is 0 Å². The summed E-state index contributed by atoms with van der Waals surface area (Å²) in [5, 5.41) is 13.6. The fourth-order valence-corrected chi connectivity index (χ4v) is 2.09. The maximum absolute atomic E-state index is 12.0. The minimum Gasteiger partial charge on any atom is -0.358 e. The number of hydrogen-bond donors (Lipinski definition) is 1. The fourth-order valence-electron chi connectivity index (χ4n) is 2.09. The molecule has 0 fully saturated rings. The molecule has 1 amide bonds. The summed E-state index contributed by atoms with van der Waals surface area (Å²) in [4.78, 5) is 26.3. The summed E-state index contributed by atoms with van der Waals surface area (Å²) in [7, 11) is 0. The second-order valence-electron chi connectivity index (χ2n) is 5.33.